The lowest BCUT2D eigenvalue weighted by Gasteiger charge is -2.29. The molecule has 0 saturated heterocycles. The van der Waals surface area contributed by atoms with Crippen molar-refractivity contribution in [3.8, 4) is 0 Å². The van der Waals surface area contributed by atoms with Gasteiger partial charge in [0.15, 0.2) is 11.6 Å². The number of nitrogens with zero attached hydrogens (tertiary/aromatic N) is 3. The maximum atomic E-state index is 13.3. The monoisotopic (exact) mass is 425 g/mol. The normalized spacial score (nSPS) is 18.5. The Morgan fingerprint density at radius 3 is 2.38 bits per heavy atom. The lowest BCUT2D eigenvalue weighted by atomic mass is 9.85. The summed E-state index contributed by atoms with van der Waals surface area (Å²) in [6, 6.07) is 5.52. The van der Waals surface area contributed by atoms with Gasteiger partial charge >= 0.3 is 0 Å². The molecule has 0 bridgehead atoms. The van der Waals surface area contributed by atoms with Crippen LogP contribution >= 0.6 is 12.4 Å². The van der Waals surface area contributed by atoms with E-state index < -0.39 is 11.6 Å². The second-order valence-corrected chi connectivity index (χ2v) is 7.36. The van der Waals surface area contributed by atoms with Crippen molar-refractivity contribution in [2.45, 2.75) is 38.6 Å². The zero-order valence-electron chi connectivity index (χ0n) is 16.7. The first-order valence-corrected chi connectivity index (χ1v) is 9.37. The molecular formula is C20H26ClF2N5O. The highest BCUT2D eigenvalue weighted by Crippen LogP contribution is 2.28. The minimum atomic E-state index is -0.969. The van der Waals surface area contributed by atoms with E-state index >= 15 is 0 Å². The second kappa shape index (κ2) is 9.82. The van der Waals surface area contributed by atoms with Gasteiger partial charge in [-0.3, -0.25) is 4.79 Å². The molecule has 1 fully saturated rings. The molecule has 0 spiro atoms. The van der Waals surface area contributed by atoms with Gasteiger partial charge in [0, 0.05) is 43.9 Å². The highest BCUT2D eigenvalue weighted by Gasteiger charge is 2.27. The fourth-order valence-electron chi connectivity index (χ4n) is 3.38. The van der Waals surface area contributed by atoms with Crippen LogP contribution in [0.25, 0.3) is 0 Å². The minimum absolute atomic E-state index is 0. The van der Waals surface area contributed by atoms with E-state index in [0.717, 1.165) is 49.5 Å². The van der Waals surface area contributed by atoms with E-state index in [9.17, 15) is 13.6 Å². The molecule has 1 saturated carbocycles. The van der Waals surface area contributed by atoms with E-state index in [1.165, 1.54) is 6.07 Å². The van der Waals surface area contributed by atoms with Crippen molar-refractivity contribution in [1.29, 1.82) is 0 Å². The average Bonchev–Trinajstić information content (AvgIpc) is 2.65. The summed E-state index contributed by atoms with van der Waals surface area (Å²) in [5.41, 5.74) is 0.275. The molecule has 1 aromatic carbocycles. The zero-order chi connectivity index (χ0) is 20.3. The molecule has 29 heavy (non-hydrogen) atoms. The largest absolute Gasteiger partial charge is 0.367 e. The fraction of sp³-hybridized carbons (Fsp3) is 0.450. The zero-order valence-corrected chi connectivity index (χ0v) is 17.5. The highest BCUT2D eigenvalue weighted by molar-refractivity contribution is 5.92. The topological polar surface area (TPSA) is 70.2 Å². The number of carbonyl (C=O) groups excluding carboxylic acids is 1. The quantitative estimate of drug-likeness (QED) is 0.752. The number of hydrogen-bond donors (Lipinski definition) is 2. The van der Waals surface area contributed by atoms with E-state index in [1.54, 1.807) is 0 Å². The van der Waals surface area contributed by atoms with Gasteiger partial charge in [0.05, 0.1) is 0 Å². The number of amides is 1. The van der Waals surface area contributed by atoms with Crippen LogP contribution in [-0.4, -0.2) is 36.0 Å². The molecule has 2 aromatic rings. The van der Waals surface area contributed by atoms with Crippen LogP contribution in [0.2, 0.25) is 0 Å². The van der Waals surface area contributed by atoms with E-state index in [2.05, 4.69) is 20.6 Å². The molecule has 0 unspecified atom stereocenters. The van der Waals surface area contributed by atoms with E-state index in [4.69, 9.17) is 0 Å². The van der Waals surface area contributed by atoms with Crippen LogP contribution in [0.3, 0.4) is 0 Å². The molecule has 158 valence electrons. The number of rotatable bonds is 5. The number of benzene rings is 1. The predicted molar refractivity (Wildman–Crippen MR) is 113 cm³/mol. The highest BCUT2D eigenvalue weighted by atomic mass is 35.5. The summed E-state index contributed by atoms with van der Waals surface area (Å²) < 4.78 is 26.3. The number of carbonyl (C=O) groups is 1. The molecule has 0 atom stereocenters. The third-order valence-corrected chi connectivity index (χ3v) is 4.92. The van der Waals surface area contributed by atoms with Gasteiger partial charge in [-0.15, -0.1) is 12.4 Å². The maximum absolute atomic E-state index is 13.3. The Kier molecular flexibility index (Phi) is 7.73. The van der Waals surface area contributed by atoms with Crippen molar-refractivity contribution < 1.29 is 13.6 Å². The predicted octanol–water partition coefficient (Wildman–Crippen LogP) is 4.16. The van der Waals surface area contributed by atoms with Crippen LogP contribution in [0.1, 0.15) is 31.5 Å². The van der Waals surface area contributed by atoms with E-state index in [0.29, 0.717) is 5.82 Å². The molecule has 9 heteroatoms. The smallest absolute Gasteiger partial charge is 0.227 e. The molecule has 1 amide bonds. The maximum Gasteiger partial charge on any atom is 0.227 e. The fourth-order valence-corrected chi connectivity index (χ4v) is 3.38. The number of hydrogen-bond acceptors (Lipinski definition) is 5. The van der Waals surface area contributed by atoms with Gasteiger partial charge in [0.1, 0.15) is 17.5 Å². The van der Waals surface area contributed by atoms with Crippen molar-refractivity contribution in [2.75, 3.05) is 29.6 Å². The Morgan fingerprint density at radius 1 is 1.07 bits per heavy atom. The molecule has 0 aliphatic heterocycles. The first-order valence-electron chi connectivity index (χ1n) is 9.37. The Morgan fingerprint density at radius 2 is 1.76 bits per heavy atom. The number of halogens is 3. The van der Waals surface area contributed by atoms with Gasteiger partial charge in [-0.25, -0.2) is 18.7 Å². The van der Waals surface area contributed by atoms with Crippen molar-refractivity contribution in [3.05, 3.63) is 41.7 Å². The summed E-state index contributed by atoms with van der Waals surface area (Å²) >= 11 is 0. The first kappa shape index (κ1) is 22.8. The molecule has 0 radical (unpaired) electrons. The summed E-state index contributed by atoms with van der Waals surface area (Å²) in [6.45, 7) is 1.86. The molecular weight excluding hydrogens is 400 g/mol. The van der Waals surface area contributed by atoms with Crippen LogP contribution < -0.4 is 15.5 Å². The summed E-state index contributed by atoms with van der Waals surface area (Å²) in [4.78, 5) is 23.2. The van der Waals surface area contributed by atoms with Crippen molar-refractivity contribution in [3.63, 3.8) is 0 Å². The van der Waals surface area contributed by atoms with Crippen LogP contribution in [0.15, 0.2) is 24.3 Å². The molecule has 2 N–H and O–H groups in total. The molecule has 1 heterocycles. The van der Waals surface area contributed by atoms with Gasteiger partial charge in [0.2, 0.25) is 5.91 Å². The SMILES string of the molecule is Cc1nc(NC2CCC(C(=O)Nc3ccc(F)c(F)c3)CC2)cc(N(C)C)n1.Cl. The standard InChI is InChI=1S/C20H25F2N5O.ClH/c1-12-23-18(11-19(24-12)27(2)3)25-14-6-4-13(5-7-14)20(28)26-15-8-9-16(21)17(22)10-15;/h8-11,13-14H,4-7H2,1-3H3,(H,26,28)(H,23,24,25);1H. The van der Waals surface area contributed by atoms with E-state index in [1.807, 2.05) is 32.0 Å². The molecule has 1 aromatic heterocycles. The molecule has 3 rings (SSSR count). The summed E-state index contributed by atoms with van der Waals surface area (Å²) in [7, 11) is 3.87. The summed E-state index contributed by atoms with van der Waals surface area (Å²) in [5.74, 6) is 0.131. The van der Waals surface area contributed by atoms with Crippen LogP contribution in [0, 0.1) is 24.5 Å². The molecule has 1 aliphatic carbocycles. The van der Waals surface area contributed by atoms with Crippen LogP contribution in [0.5, 0.6) is 0 Å². The minimum Gasteiger partial charge on any atom is -0.367 e. The summed E-state index contributed by atoms with van der Waals surface area (Å²) in [6.07, 6.45) is 3.10. The number of anilines is 3. The Balaban J connectivity index is 0.00000300. The van der Waals surface area contributed by atoms with E-state index in [-0.39, 0.29) is 36.0 Å². The number of nitrogens with one attached hydrogen (secondary N) is 2. The Hall–Kier alpha value is -2.48. The third kappa shape index (κ3) is 6.00. The van der Waals surface area contributed by atoms with Crippen LogP contribution in [-0.2, 0) is 4.79 Å². The van der Waals surface area contributed by atoms with Gasteiger partial charge in [-0.2, -0.15) is 0 Å². The summed E-state index contributed by atoms with van der Waals surface area (Å²) in [5, 5.41) is 6.12. The van der Waals surface area contributed by atoms with Gasteiger partial charge in [-0.1, -0.05) is 0 Å². The third-order valence-electron chi connectivity index (χ3n) is 4.92. The van der Waals surface area contributed by atoms with Gasteiger partial charge < -0.3 is 15.5 Å². The molecule has 6 nitrogen and oxygen atoms in total. The number of aromatic nitrogens is 2. The van der Waals surface area contributed by atoms with Gasteiger partial charge in [-0.05, 0) is 44.7 Å². The lowest BCUT2D eigenvalue weighted by molar-refractivity contribution is -0.120. The van der Waals surface area contributed by atoms with Gasteiger partial charge in [0.25, 0.3) is 0 Å². The lowest BCUT2D eigenvalue weighted by Crippen LogP contribution is -2.32. The Bertz CT molecular complexity index is 857. The molecule has 1 aliphatic rings. The van der Waals surface area contributed by atoms with Crippen molar-refractivity contribution >= 4 is 35.6 Å². The second-order valence-electron chi connectivity index (χ2n) is 7.36. The number of aryl methyl sites for hydroxylation is 1. The van der Waals surface area contributed by atoms with Crippen molar-refractivity contribution in [2.24, 2.45) is 5.92 Å². The van der Waals surface area contributed by atoms with Crippen LogP contribution in [0.4, 0.5) is 26.1 Å². The Labute approximate surface area is 175 Å². The van der Waals surface area contributed by atoms with Crippen molar-refractivity contribution in [1.82, 2.24) is 9.97 Å². The first-order chi connectivity index (χ1) is 13.3. The average molecular weight is 426 g/mol.